The molecule has 0 radical (unpaired) electrons. The summed E-state index contributed by atoms with van der Waals surface area (Å²) in [6.45, 7) is 3.52. The first-order chi connectivity index (χ1) is 14.7. The van der Waals surface area contributed by atoms with Gasteiger partial charge in [0.1, 0.15) is 6.21 Å². The summed E-state index contributed by atoms with van der Waals surface area (Å²) in [4.78, 5) is 55.3. The summed E-state index contributed by atoms with van der Waals surface area (Å²) in [7, 11) is 3.05. The lowest BCUT2D eigenvalue weighted by atomic mass is 9.96. The lowest BCUT2D eigenvalue weighted by molar-refractivity contribution is -0.407. The van der Waals surface area contributed by atoms with Crippen LogP contribution in [-0.4, -0.2) is 65.0 Å². The van der Waals surface area contributed by atoms with E-state index in [1.165, 1.54) is 30.3 Å². The summed E-state index contributed by atoms with van der Waals surface area (Å²) in [5.41, 5.74) is 2.07. The molecule has 1 N–H and O–H groups in total. The Kier molecular flexibility index (Phi) is 6.84. The van der Waals surface area contributed by atoms with Crippen LogP contribution in [0.25, 0.3) is 0 Å². The maximum Gasteiger partial charge on any atom is 0.445 e. The number of imide groups is 1. The molecule has 9 heteroatoms. The lowest BCUT2D eigenvalue weighted by Crippen LogP contribution is -2.52. The van der Waals surface area contributed by atoms with E-state index in [0.29, 0.717) is 17.1 Å². The molecule has 1 unspecified atom stereocenters. The third-order valence-electron chi connectivity index (χ3n) is 5.14. The maximum atomic E-state index is 12.9. The fourth-order valence-electron chi connectivity index (χ4n) is 3.46. The van der Waals surface area contributed by atoms with Gasteiger partial charge in [-0.3, -0.25) is 14.4 Å². The van der Waals surface area contributed by atoms with Crippen molar-refractivity contribution in [3.05, 3.63) is 40.3 Å². The third-order valence-corrected chi connectivity index (χ3v) is 6.35. The molecule has 3 rings (SSSR count). The number of dihydropyridines is 1. The lowest BCUT2D eigenvalue weighted by Gasteiger charge is -2.28. The highest BCUT2D eigenvalue weighted by molar-refractivity contribution is 8.03. The first-order valence-electron chi connectivity index (χ1n) is 9.97. The van der Waals surface area contributed by atoms with Gasteiger partial charge in [-0.1, -0.05) is 13.3 Å². The molecule has 2 aliphatic heterocycles. The van der Waals surface area contributed by atoms with E-state index in [1.807, 2.05) is 6.92 Å². The van der Waals surface area contributed by atoms with Crippen molar-refractivity contribution < 1.29 is 23.8 Å². The Balaban J connectivity index is 1.79. The van der Waals surface area contributed by atoms with Gasteiger partial charge in [0, 0.05) is 16.2 Å². The van der Waals surface area contributed by atoms with Crippen LogP contribution in [0.4, 0.5) is 10.5 Å². The molecule has 1 aromatic rings. The van der Waals surface area contributed by atoms with Crippen LogP contribution in [0.15, 0.2) is 39.7 Å². The Morgan fingerprint density at radius 1 is 1.23 bits per heavy atom. The number of urea groups is 1. The molecule has 1 aromatic carbocycles. The van der Waals surface area contributed by atoms with E-state index in [9.17, 15) is 19.2 Å². The molecule has 0 bridgehead atoms. The molecule has 2 aliphatic rings. The van der Waals surface area contributed by atoms with E-state index in [4.69, 9.17) is 0 Å². The second-order valence-corrected chi connectivity index (χ2v) is 8.42. The fourth-order valence-corrected chi connectivity index (χ4v) is 4.53. The quantitative estimate of drug-likeness (QED) is 0.518. The van der Waals surface area contributed by atoms with Gasteiger partial charge in [-0.2, -0.15) is 9.48 Å². The van der Waals surface area contributed by atoms with Crippen LogP contribution < -0.4 is 5.32 Å². The monoisotopic (exact) mass is 441 g/mol. The van der Waals surface area contributed by atoms with E-state index in [2.05, 4.69) is 10.3 Å². The Morgan fingerprint density at radius 3 is 2.52 bits per heavy atom. The topological polar surface area (TPSA) is 98.9 Å². The van der Waals surface area contributed by atoms with Gasteiger partial charge >= 0.3 is 11.9 Å². The number of nitrogens with one attached hydrogen (secondary N) is 1. The van der Waals surface area contributed by atoms with Gasteiger partial charge in [0.15, 0.2) is 11.7 Å². The molecule has 0 spiro atoms. The number of benzene rings is 1. The average molecular weight is 442 g/mol. The van der Waals surface area contributed by atoms with Crippen LogP contribution in [0.1, 0.15) is 37.0 Å². The number of allylic oxidation sites excluding steroid dienone is 1. The molecular weight excluding hydrogens is 416 g/mol. The summed E-state index contributed by atoms with van der Waals surface area (Å²) in [6, 6.07) is 6.26. The second kappa shape index (κ2) is 9.38. The zero-order valence-electron chi connectivity index (χ0n) is 18.0. The predicted molar refractivity (Wildman–Crippen MR) is 121 cm³/mol. The zero-order valence-corrected chi connectivity index (χ0v) is 18.8. The molecule has 0 saturated heterocycles. The smallest absolute Gasteiger partial charge is 0.325 e. The Labute approximate surface area is 185 Å². The van der Waals surface area contributed by atoms with Crippen molar-refractivity contribution in [2.75, 3.05) is 25.2 Å². The number of rotatable bonds is 7. The molecule has 2 heterocycles. The molecule has 1 atom stereocenters. The maximum absolute atomic E-state index is 12.9. The van der Waals surface area contributed by atoms with Crippen molar-refractivity contribution in [1.29, 1.82) is 0 Å². The SMILES string of the molecule is CCCC1=C(SCC(=O)Nc2ccc(C(C)=O)cc2)C2C(=O)N(C)C(=O)[N+](C)=C2N=C1. The molecule has 0 aromatic heterocycles. The van der Waals surface area contributed by atoms with Crippen LogP contribution in [0.3, 0.4) is 0 Å². The summed E-state index contributed by atoms with van der Waals surface area (Å²) < 4.78 is 1.38. The number of fused-ring (bicyclic) bond motifs is 1. The van der Waals surface area contributed by atoms with Crippen molar-refractivity contribution in [2.24, 2.45) is 10.9 Å². The number of carbonyl (C=O) groups excluding carboxylic acids is 4. The van der Waals surface area contributed by atoms with Gasteiger partial charge in [-0.05, 0) is 43.2 Å². The Bertz CT molecular complexity index is 1040. The summed E-state index contributed by atoms with van der Waals surface area (Å²) in [5, 5.41) is 2.81. The van der Waals surface area contributed by atoms with Crippen LogP contribution in [0.2, 0.25) is 0 Å². The van der Waals surface area contributed by atoms with Gasteiger partial charge in [-0.15, -0.1) is 16.8 Å². The van der Waals surface area contributed by atoms with Gasteiger partial charge < -0.3 is 5.32 Å². The highest BCUT2D eigenvalue weighted by atomic mass is 32.2. The van der Waals surface area contributed by atoms with Crippen molar-refractivity contribution in [3.8, 4) is 0 Å². The fraction of sp³-hybridized carbons (Fsp3) is 0.364. The van der Waals surface area contributed by atoms with E-state index < -0.39 is 11.9 Å². The minimum atomic E-state index is -0.688. The first-order valence-corrected chi connectivity index (χ1v) is 11.0. The molecule has 162 valence electrons. The van der Waals surface area contributed by atoms with Crippen molar-refractivity contribution >= 4 is 53.1 Å². The predicted octanol–water partition coefficient (Wildman–Crippen LogP) is 2.95. The number of aliphatic imine (C=N–C) groups is 1. The van der Waals surface area contributed by atoms with E-state index in [1.54, 1.807) is 37.5 Å². The minimum Gasteiger partial charge on any atom is -0.325 e. The number of ketones is 1. The van der Waals surface area contributed by atoms with Gasteiger partial charge in [0.05, 0.1) is 19.8 Å². The van der Waals surface area contributed by atoms with Crippen LogP contribution in [0.5, 0.6) is 0 Å². The molecule has 31 heavy (non-hydrogen) atoms. The molecule has 0 fully saturated rings. The minimum absolute atomic E-state index is 0.0413. The second-order valence-electron chi connectivity index (χ2n) is 7.40. The molecular formula is C22H25N4O4S+. The zero-order chi connectivity index (χ0) is 22.7. The number of nitrogens with zero attached hydrogens (tertiary/aromatic N) is 3. The normalized spacial score (nSPS) is 18.5. The standard InChI is InChI=1S/C22H24N4O4S/c1-5-6-15-11-23-20-18(21(29)26(4)22(30)25(20)3)19(15)31-12-17(28)24-16-9-7-14(8-10-16)13(2)27/h7-11,18H,5-6,12H2,1-4H3/p+1. The molecule has 0 aliphatic carbocycles. The summed E-state index contributed by atoms with van der Waals surface area (Å²) >= 11 is 1.29. The van der Waals surface area contributed by atoms with Crippen molar-refractivity contribution in [3.63, 3.8) is 0 Å². The molecule has 8 nitrogen and oxygen atoms in total. The highest BCUT2D eigenvalue weighted by Gasteiger charge is 2.48. The van der Waals surface area contributed by atoms with Crippen molar-refractivity contribution in [2.45, 2.75) is 26.7 Å². The number of anilines is 1. The van der Waals surface area contributed by atoms with Gasteiger partial charge in [-0.25, -0.2) is 4.79 Å². The average Bonchev–Trinajstić information content (AvgIpc) is 2.75. The number of amides is 4. The third kappa shape index (κ3) is 4.66. The summed E-state index contributed by atoms with van der Waals surface area (Å²) in [6.07, 6.45) is 3.28. The van der Waals surface area contributed by atoms with Crippen LogP contribution >= 0.6 is 11.8 Å². The number of hydrogen-bond donors (Lipinski definition) is 1. The van der Waals surface area contributed by atoms with E-state index >= 15 is 0 Å². The number of carbonyl (C=O) groups is 4. The number of hydrogen-bond acceptors (Lipinski definition) is 6. The largest absolute Gasteiger partial charge is 0.445 e. The van der Waals surface area contributed by atoms with Crippen LogP contribution in [-0.2, 0) is 9.59 Å². The molecule has 0 saturated carbocycles. The highest BCUT2D eigenvalue weighted by Crippen LogP contribution is 2.36. The number of thioether (sulfide) groups is 1. The molecule has 4 amide bonds. The van der Waals surface area contributed by atoms with Crippen molar-refractivity contribution in [1.82, 2.24) is 4.90 Å². The first kappa shape index (κ1) is 22.6. The van der Waals surface area contributed by atoms with Gasteiger partial charge in [0.25, 0.3) is 5.84 Å². The van der Waals surface area contributed by atoms with Gasteiger partial charge in [0.2, 0.25) is 5.91 Å². The number of Topliss-reactive ketones (excluding diaryl/α,β-unsaturated/α-hetero) is 1. The Hall–Kier alpha value is -3.07. The Morgan fingerprint density at radius 2 is 1.90 bits per heavy atom. The number of amidine groups is 1. The van der Waals surface area contributed by atoms with E-state index in [-0.39, 0.29) is 23.4 Å². The summed E-state index contributed by atoms with van der Waals surface area (Å²) in [5.74, 6) is -0.813. The van der Waals surface area contributed by atoms with E-state index in [0.717, 1.165) is 28.2 Å². The van der Waals surface area contributed by atoms with Crippen LogP contribution in [0, 0.1) is 5.92 Å².